The van der Waals surface area contributed by atoms with Crippen molar-refractivity contribution in [1.82, 2.24) is 0 Å². The number of hydrogen-bond donors (Lipinski definition) is 0. The van der Waals surface area contributed by atoms with Gasteiger partial charge in [-0.05, 0) is 24.3 Å². The highest BCUT2D eigenvalue weighted by molar-refractivity contribution is 7.13. The Balaban J connectivity index is 2.00. The first-order chi connectivity index (χ1) is 9.10. The minimum Gasteiger partial charge on any atom is -0.488 e. The molecule has 0 N–H and O–H groups in total. The molecule has 1 heterocycles. The molecule has 2 rings (SSSR count). The maximum Gasteiger partial charge on any atom is 0.348 e. The highest BCUT2D eigenvalue weighted by Crippen LogP contribution is 2.27. The number of rotatable bonds is 4. The Labute approximate surface area is 124 Å². The van der Waals surface area contributed by atoms with Crippen molar-refractivity contribution in [2.45, 2.75) is 6.61 Å². The number of halogens is 2. The van der Waals surface area contributed by atoms with Crippen LogP contribution in [0.4, 0.5) is 0 Å². The third-order valence-electron chi connectivity index (χ3n) is 2.32. The van der Waals surface area contributed by atoms with E-state index in [-0.39, 0.29) is 5.97 Å². The Morgan fingerprint density at radius 3 is 2.68 bits per heavy atom. The number of methoxy groups -OCH3 is 1. The maximum absolute atomic E-state index is 11.3. The van der Waals surface area contributed by atoms with E-state index >= 15 is 0 Å². The topological polar surface area (TPSA) is 35.5 Å². The number of carbonyl (C=O) groups is 1. The molecule has 3 nitrogen and oxygen atoms in total. The quantitative estimate of drug-likeness (QED) is 0.783. The van der Waals surface area contributed by atoms with Crippen molar-refractivity contribution < 1.29 is 14.3 Å². The standard InChI is InChI=1S/C13H10Cl2O3S/c1-17-13(16)12-5-3-9(19-12)7-18-8-2-4-10(14)11(15)6-8/h2-6H,7H2,1H3. The second-order valence-electron chi connectivity index (χ2n) is 3.62. The minimum atomic E-state index is -0.342. The highest BCUT2D eigenvalue weighted by atomic mass is 35.5. The first-order valence-electron chi connectivity index (χ1n) is 5.35. The number of hydrogen-bond acceptors (Lipinski definition) is 4. The highest BCUT2D eigenvalue weighted by Gasteiger charge is 2.09. The first kappa shape index (κ1) is 14.2. The summed E-state index contributed by atoms with van der Waals surface area (Å²) in [7, 11) is 1.36. The molecule has 0 unspecified atom stereocenters. The van der Waals surface area contributed by atoms with E-state index in [9.17, 15) is 4.79 Å². The summed E-state index contributed by atoms with van der Waals surface area (Å²) in [6, 6.07) is 8.60. The molecule has 0 bridgehead atoms. The van der Waals surface area contributed by atoms with Gasteiger partial charge in [0.25, 0.3) is 0 Å². The van der Waals surface area contributed by atoms with E-state index in [1.165, 1.54) is 18.4 Å². The predicted octanol–water partition coefficient (Wildman–Crippen LogP) is 4.42. The molecule has 100 valence electrons. The Kier molecular flexibility index (Phi) is 4.69. The molecule has 2 aromatic rings. The minimum absolute atomic E-state index is 0.342. The van der Waals surface area contributed by atoms with Crippen LogP contribution in [0.1, 0.15) is 14.5 Å². The second kappa shape index (κ2) is 6.28. The van der Waals surface area contributed by atoms with Gasteiger partial charge in [-0.15, -0.1) is 11.3 Å². The Hall–Kier alpha value is -1.23. The normalized spacial score (nSPS) is 10.3. The molecule has 0 aliphatic heterocycles. The molecule has 0 atom stereocenters. The fraction of sp³-hybridized carbons (Fsp3) is 0.154. The second-order valence-corrected chi connectivity index (χ2v) is 5.60. The van der Waals surface area contributed by atoms with Crippen molar-refractivity contribution in [2.75, 3.05) is 7.11 Å². The van der Waals surface area contributed by atoms with E-state index in [4.69, 9.17) is 27.9 Å². The molecule has 0 aliphatic rings. The third kappa shape index (κ3) is 3.62. The molecule has 0 saturated carbocycles. The molecule has 0 fully saturated rings. The van der Waals surface area contributed by atoms with Crippen LogP contribution in [0.25, 0.3) is 0 Å². The fourth-order valence-corrected chi connectivity index (χ4v) is 2.51. The van der Waals surface area contributed by atoms with Crippen molar-refractivity contribution in [2.24, 2.45) is 0 Å². The van der Waals surface area contributed by atoms with Gasteiger partial charge in [-0.3, -0.25) is 0 Å². The van der Waals surface area contributed by atoms with Gasteiger partial charge >= 0.3 is 5.97 Å². The van der Waals surface area contributed by atoms with Gasteiger partial charge in [-0.25, -0.2) is 4.79 Å². The largest absolute Gasteiger partial charge is 0.488 e. The van der Waals surface area contributed by atoms with Gasteiger partial charge in [0.05, 0.1) is 17.2 Å². The van der Waals surface area contributed by atoms with Crippen LogP contribution in [0.2, 0.25) is 10.0 Å². The summed E-state index contributed by atoms with van der Waals surface area (Å²) in [4.78, 5) is 12.8. The van der Waals surface area contributed by atoms with Crippen molar-refractivity contribution in [3.8, 4) is 5.75 Å². The van der Waals surface area contributed by atoms with Gasteiger partial charge in [0, 0.05) is 10.9 Å². The molecule has 19 heavy (non-hydrogen) atoms. The third-order valence-corrected chi connectivity index (χ3v) is 4.10. The smallest absolute Gasteiger partial charge is 0.348 e. The Morgan fingerprint density at radius 1 is 1.21 bits per heavy atom. The molecular weight excluding hydrogens is 307 g/mol. The Morgan fingerprint density at radius 2 is 2.00 bits per heavy atom. The zero-order valence-electron chi connectivity index (χ0n) is 9.98. The van der Waals surface area contributed by atoms with Crippen molar-refractivity contribution in [3.05, 3.63) is 50.1 Å². The zero-order valence-corrected chi connectivity index (χ0v) is 12.3. The van der Waals surface area contributed by atoms with Gasteiger partial charge in [0.15, 0.2) is 0 Å². The van der Waals surface area contributed by atoms with E-state index in [0.29, 0.717) is 27.3 Å². The maximum atomic E-state index is 11.3. The lowest BCUT2D eigenvalue weighted by Gasteiger charge is -2.05. The molecule has 1 aromatic heterocycles. The van der Waals surface area contributed by atoms with Gasteiger partial charge in [-0.2, -0.15) is 0 Å². The van der Waals surface area contributed by atoms with E-state index < -0.39 is 0 Å². The molecule has 0 saturated heterocycles. The van der Waals surface area contributed by atoms with Crippen molar-refractivity contribution in [3.63, 3.8) is 0 Å². The molecule has 0 aliphatic carbocycles. The van der Waals surface area contributed by atoms with Gasteiger partial charge in [-0.1, -0.05) is 23.2 Å². The van der Waals surface area contributed by atoms with Gasteiger partial charge < -0.3 is 9.47 Å². The van der Waals surface area contributed by atoms with Gasteiger partial charge in [0.2, 0.25) is 0 Å². The fourth-order valence-electron chi connectivity index (χ4n) is 1.39. The Bertz CT molecular complexity index is 595. The monoisotopic (exact) mass is 316 g/mol. The number of benzene rings is 1. The molecular formula is C13H10Cl2O3S. The van der Waals surface area contributed by atoms with E-state index in [2.05, 4.69) is 4.74 Å². The molecule has 0 spiro atoms. The summed E-state index contributed by atoms with van der Waals surface area (Å²) in [6.45, 7) is 0.361. The predicted molar refractivity (Wildman–Crippen MR) is 76.5 cm³/mol. The summed E-state index contributed by atoms with van der Waals surface area (Å²) in [5.41, 5.74) is 0. The summed E-state index contributed by atoms with van der Waals surface area (Å²) >= 11 is 13.0. The number of esters is 1. The molecule has 0 amide bonds. The average molecular weight is 317 g/mol. The summed E-state index contributed by atoms with van der Waals surface area (Å²) in [5, 5.41) is 0.929. The molecule has 0 radical (unpaired) electrons. The lowest BCUT2D eigenvalue weighted by atomic mass is 10.3. The lowest BCUT2D eigenvalue weighted by molar-refractivity contribution is 0.0606. The van der Waals surface area contributed by atoms with Crippen LogP contribution < -0.4 is 4.74 Å². The average Bonchev–Trinajstić information content (AvgIpc) is 2.88. The van der Waals surface area contributed by atoms with Crippen molar-refractivity contribution in [1.29, 1.82) is 0 Å². The van der Waals surface area contributed by atoms with Crippen LogP contribution in [-0.4, -0.2) is 13.1 Å². The van der Waals surface area contributed by atoms with Gasteiger partial charge in [0.1, 0.15) is 17.2 Å². The van der Waals surface area contributed by atoms with Crippen LogP contribution in [-0.2, 0) is 11.3 Å². The van der Waals surface area contributed by atoms with Crippen LogP contribution in [0.15, 0.2) is 30.3 Å². The zero-order chi connectivity index (χ0) is 13.8. The van der Waals surface area contributed by atoms with Crippen molar-refractivity contribution >= 4 is 40.5 Å². The first-order valence-corrected chi connectivity index (χ1v) is 6.92. The summed E-state index contributed by atoms with van der Waals surface area (Å²) < 4.78 is 10.2. The SMILES string of the molecule is COC(=O)c1ccc(COc2ccc(Cl)c(Cl)c2)s1. The van der Waals surface area contributed by atoms with Crippen LogP contribution in [0.3, 0.4) is 0 Å². The van der Waals surface area contributed by atoms with Crippen LogP contribution in [0, 0.1) is 0 Å². The number of ether oxygens (including phenoxy) is 2. The number of thiophene rings is 1. The summed E-state index contributed by atoms with van der Waals surface area (Å²) in [5.74, 6) is 0.285. The van der Waals surface area contributed by atoms with E-state index in [1.807, 2.05) is 6.07 Å². The van der Waals surface area contributed by atoms with Crippen LogP contribution >= 0.6 is 34.5 Å². The van der Waals surface area contributed by atoms with Crippen LogP contribution in [0.5, 0.6) is 5.75 Å². The van der Waals surface area contributed by atoms with E-state index in [0.717, 1.165) is 4.88 Å². The summed E-state index contributed by atoms with van der Waals surface area (Å²) in [6.07, 6.45) is 0. The molecule has 1 aromatic carbocycles. The van der Waals surface area contributed by atoms with E-state index in [1.54, 1.807) is 24.3 Å². The molecule has 6 heteroatoms. The lowest BCUT2D eigenvalue weighted by Crippen LogP contribution is -1.97. The number of carbonyl (C=O) groups excluding carboxylic acids is 1.